The van der Waals surface area contributed by atoms with Crippen LogP contribution in [0.25, 0.3) is 5.69 Å². The molecule has 0 aliphatic heterocycles. The zero-order valence-corrected chi connectivity index (χ0v) is 10.2. The third kappa shape index (κ3) is 4.93. The number of halogens is 3. The molecule has 10 heteroatoms. The summed E-state index contributed by atoms with van der Waals surface area (Å²) < 4.78 is 33.5. The predicted octanol–water partition coefficient (Wildman–Crippen LogP) is 2.41. The van der Waals surface area contributed by atoms with Crippen LogP contribution in [0.3, 0.4) is 0 Å². The third-order valence-electron chi connectivity index (χ3n) is 2.09. The number of aromatic nitrogens is 2. The fourth-order valence-corrected chi connectivity index (χ4v) is 1.18. The van der Waals surface area contributed by atoms with Crippen LogP contribution in [0.2, 0.25) is 0 Å². The summed E-state index contributed by atoms with van der Waals surface area (Å²) in [5.74, 6) is -2.76. The number of carboxylic acids is 1. The van der Waals surface area contributed by atoms with Gasteiger partial charge in [-0.1, -0.05) is 6.07 Å². The van der Waals surface area contributed by atoms with Gasteiger partial charge in [-0.2, -0.15) is 13.2 Å². The van der Waals surface area contributed by atoms with Gasteiger partial charge in [-0.15, -0.1) is 0 Å². The van der Waals surface area contributed by atoms with Gasteiger partial charge in [0.25, 0.3) is 5.69 Å². The number of nitrogens with zero attached hydrogens (tertiary/aromatic N) is 3. The van der Waals surface area contributed by atoms with Gasteiger partial charge in [0.2, 0.25) is 0 Å². The lowest BCUT2D eigenvalue weighted by atomic mass is 10.3. The Morgan fingerprint density at radius 2 is 2.00 bits per heavy atom. The van der Waals surface area contributed by atoms with Crippen LogP contribution >= 0.6 is 0 Å². The molecule has 0 spiro atoms. The van der Waals surface area contributed by atoms with Crippen molar-refractivity contribution in [1.29, 1.82) is 0 Å². The number of hydrogen-bond acceptors (Lipinski definition) is 4. The minimum atomic E-state index is -5.08. The van der Waals surface area contributed by atoms with E-state index in [0.717, 1.165) is 5.69 Å². The van der Waals surface area contributed by atoms with Gasteiger partial charge in [0.15, 0.2) is 0 Å². The highest BCUT2D eigenvalue weighted by atomic mass is 19.4. The van der Waals surface area contributed by atoms with Crippen molar-refractivity contribution in [2.24, 2.45) is 0 Å². The molecular weight excluding hydrogens is 295 g/mol. The van der Waals surface area contributed by atoms with Gasteiger partial charge in [0.05, 0.1) is 16.9 Å². The Morgan fingerprint density at radius 3 is 2.43 bits per heavy atom. The Balaban J connectivity index is 0.000000270. The van der Waals surface area contributed by atoms with Crippen LogP contribution in [-0.4, -0.2) is 31.7 Å². The first kappa shape index (κ1) is 16.1. The highest BCUT2D eigenvalue weighted by Gasteiger charge is 2.38. The minimum Gasteiger partial charge on any atom is -0.475 e. The van der Waals surface area contributed by atoms with Gasteiger partial charge in [-0.3, -0.25) is 10.1 Å². The van der Waals surface area contributed by atoms with Gasteiger partial charge in [-0.25, -0.2) is 9.78 Å². The summed E-state index contributed by atoms with van der Waals surface area (Å²) in [5, 5.41) is 17.6. The monoisotopic (exact) mass is 303 g/mol. The highest BCUT2D eigenvalue weighted by Crippen LogP contribution is 2.16. The molecule has 0 atom stereocenters. The molecule has 1 aromatic carbocycles. The van der Waals surface area contributed by atoms with E-state index in [1.54, 1.807) is 35.4 Å². The van der Waals surface area contributed by atoms with Crippen molar-refractivity contribution in [1.82, 2.24) is 9.55 Å². The Hall–Kier alpha value is -2.91. The molecular formula is C11H8F3N3O4. The molecule has 0 saturated heterocycles. The van der Waals surface area contributed by atoms with Crippen molar-refractivity contribution in [3.05, 3.63) is 53.1 Å². The molecule has 1 aromatic heterocycles. The lowest BCUT2D eigenvalue weighted by Crippen LogP contribution is -2.21. The molecule has 2 rings (SSSR count). The molecule has 0 saturated carbocycles. The van der Waals surface area contributed by atoms with Crippen molar-refractivity contribution in [3.63, 3.8) is 0 Å². The first-order valence-corrected chi connectivity index (χ1v) is 5.24. The summed E-state index contributed by atoms with van der Waals surface area (Å²) in [7, 11) is 0. The molecule has 1 heterocycles. The molecule has 0 amide bonds. The summed E-state index contributed by atoms with van der Waals surface area (Å²) in [6.45, 7) is 0. The summed E-state index contributed by atoms with van der Waals surface area (Å²) >= 11 is 0. The predicted molar refractivity (Wildman–Crippen MR) is 63.9 cm³/mol. The molecule has 112 valence electrons. The zero-order valence-electron chi connectivity index (χ0n) is 10.2. The quantitative estimate of drug-likeness (QED) is 0.678. The van der Waals surface area contributed by atoms with Gasteiger partial charge in [0.1, 0.15) is 0 Å². The molecule has 0 radical (unpaired) electrons. The van der Waals surface area contributed by atoms with Crippen LogP contribution in [0.15, 0.2) is 43.0 Å². The number of rotatable bonds is 2. The van der Waals surface area contributed by atoms with Gasteiger partial charge in [0, 0.05) is 24.5 Å². The van der Waals surface area contributed by atoms with E-state index >= 15 is 0 Å². The van der Waals surface area contributed by atoms with Gasteiger partial charge in [-0.05, 0) is 6.07 Å². The molecule has 2 aromatic rings. The number of non-ortho nitro benzene ring substituents is 1. The van der Waals surface area contributed by atoms with Crippen LogP contribution in [0.1, 0.15) is 0 Å². The molecule has 1 N–H and O–H groups in total. The first-order valence-electron chi connectivity index (χ1n) is 5.24. The number of carbonyl (C=O) groups is 1. The number of nitro benzene ring substituents is 1. The Morgan fingerprint density at radius 1 is 1.38 bits per heavy atom. The lowest BCUT2D eigenvalue weighted by Gasteiger charge is -2.00. The van der Waals surface area contributed by atoms with Crippen molar-refractivity contribution in [3.8, 4) is 5.69 Å². The van der Waals surface area contributed by atoms with E-state index in [-0.39, 0.29) is 5.69 Å². The average Bonchev–Trinajstić information content (AvgIpc) is 2.92. The Labute approximate surface area is 115 Å². The second-order valence-electron chi connectivity index (χ2n) is 3.55. The number of hydrogen-bond donors (Lipinski definition) is 1. The number of nitro groups is 1. The second-order valence-corrected chi connectivity index (χ2v) is 3.55. The lowest BCUT2D eigenvalue weighted by molar-refractivity contribution is -0.384. The standard InChI is InChI=1S/C9H7N3O2.C2HF3O2/c13-12(14)9-3-1-2-8(6-9)11-5-4-10-7-11;3-2(4,5)1(6)7/h1-7H;(H,6,7). The highest BCUT2D eigenvalue weighted by molar-refractivity contribution is 5.73. The molecule has 0 aliphatic carbocycles. The van der Waals surface area contributed by atoms with Crippen LogP contribution in [-0.2, 0) is 4.79 Å². The average molecular weight is 303 g/mol. The molecule has 7 nitrogen and oxygen atoms in total. The van der Waals surface area contributed by atoms with Crippen LogP contribution < -0.4 is 0 Å². The van der Waals surface area contributed by atoms with Gasteiger partial charge < -0.3 is 9.67 Å². The van der Waals surface area contributed by atoms with E-state index in [4.69, 9.17) is 9.90 Å². The Bertz CT molecular complexity index is 626. The van der Waals surface area contributed by atoms with E-state index in [0.29, 0.717) is 0 Å². The van der Waals surface area contributed by atoms with Crippen LogP contribution in [0.4, 0.5) is 18.9 Å². The fourth-order valence-electron chi connectivity index (χ4n) is 1.18. The minimum absolute atomic E-state index is 0.0798. The van der Waals surface area contributed by atoms with Crippen molar-refractivity contribution < 1.29 is 28.0 Å². The van der Waals surface area contributed by atoms with Gasteiger partial charge >= 0.3 is 12.1 Å². The smallest absolute Gasteiger partial charge is 0.475 e. The number of alkyl halides is 3. The molecule has 0 unspecified atom stereocenters. The summed E-state index contributed by atoms with van der Waals surface area (Å²) in [6, 6.07) is 6.39. The topological polar surface area (TPSA) is 98.3 Å². The van der Waals surface area contributed by atoms with Crippen molar-refractivity contribution >= 4 is 11.7 Å². The molecule has 21 heavy (non-hydrogen) atoms. The number of carboxylic acid groups (broad SMARTS) is 1. The van der Waals surface area contributed by atoms with E-state index in [2.05, 4.69) is 4.98 Å². The molecule has 0 fully saturated rings. The number of imidazole rings is 1. The molecule has 0 bridgehead atoms. The molecule has 0 aliphatic rings. The number of benzene rings is 1. The maximum absolute atomic E-state index is 10.6. The maximum atomic E-state index is 10.6. The summed E-state index contributed by atoms with van der Waals surface area (Å²) in [5.41, 5.74) is 0.813. The first-order chi connectivity index (χ1) is 9.71. The van der Waals surface area contributed by atoms with E-state index < -0.39 is 17.1 Å². The van der Waals surface area contributed by atoms with E-state index in [9.17, 15) is 23.3 Å². The van der Waals surface area contributed by atoms with E-state index in [1.165, 1.54) is 12.1 Å². The van der Waals surface area contributed by atoms with Crippen molar-refractivity contribution in [2.75, 3.05) is 0 Å². The number of aliphatic carboxylic acids is 1. The SMILES string of the molecule is O=C(O)C(F)(F)F.O=[N+]([O-])c1cccc(-n2ccnc2)c1. The zero-order chi connectivity index (χ0) is 16.0. The maximum Gasteiger partial charge on any atom is 0.490 e. The van der Waals surface area contributed by atoms with Crippen LogP contribution in [0.5, 0.6) is 0 Å². The fraction of sp³-hybridized carbons (Fsp3) is 0.0909. The Kier molecular flexibility index (Phi) is 5.00. The van der Waals surface area contributed by atoms with E-state index in [1.807, 2.05) is 0 Å². The van der Waals surface area contributed by atoms with Crippen LogP contribution in [0, 0.1) is 10.1 Å². The second kappa shape index (κ2) is 6.50. The largest absolute Gasteiger partial charge is 0.490 e. The summed E-state index contributed by atoms with van der Waals surface area (Å²) in [4.78, 5) is 22.8. The van der Waals surface area contributed by atoms with Crippen molar-refractivity contribution in [2.45, 2.75) is 6.18 Å². The third-order valence-corrected chi connectivity index (χ3v) is 2.09. The summed E-state index contributed by atoms with van der Waals surface area (Å²) in [6.07, 6.45) is -0.128. The normalized spacial score (nSPS) is 10.4.